The van der Waals surface area contributed by atoms with Gasteiger partial charge in [-0.2, -0.15) is 0 Å². The highest BCUT2D eigenvalue weighted by Gasteiger charge is 2.30. The van der Waals surface area contributed by atoms with Crippen molar-refractivity contribution in [3.8, 4) is 0 Å². The van der Waals surface area contributed by atoms with E-state index in [0.717, 1.165) is 24.4 Å². The summed E-state index contributed by atoms with van der Waals surface area (Å²) in [6, 6.07) is 3.38. The van der Waals surface area contributed by atoms with Crippen molar-refractivity contribution in [2.45, 2.75) is 32.5 Å². The number of carbonyl (C=O) groups is 2. The first kappa shape index (κ1) is 14.0. The smallest absolute Gasteiger partial charge is 0.290 e. The molecule has 23 heavy (non-hydrogen) atoms. The van der Waals surface area contributed by atoms with Gasteiger partial charge in [0, 0.05) is 19.0 Å². The predicted molar refractivity (Wildman–Crippen MR) is 80.2 cm³/mol. The summed E-state index contributed by atoms with van der Waals surface area (Å²) >= 11 is 0. The summed E-state index contributed by atoms with van der Waals surface area (Å²) in [6.07, 6.45) is 5.28. The van der Waals surface area contributed by atoms with Crippen LogP contribution < -0.4 is 5.32 Å². The van der Waals surface area contributed by atoms with E-state index in [4.69, 9.17) is 4.42 Å². The fourth-order valence-corrected chi connectivity index (χ4v) is 2.86. The molecule has 0 bridgehead atoms. The van der Waals surface area contributed by atoms with Crippen molar-refractivity contribution in [2.75, 3.05) is 6.54 Å². The van der Waals surface area contributed by atoms with Gasteiger partial charge in [-0.15, -0.1) is 0 Å². The average molecular weight is 314 g/mol. The molecule has 2 aromatic rings. The minimum absolute atomic E-state index is 0.118. The number of hydrogen-bond acceptors (Lipinski definition) is 4. The first-order chi connectivity index (χ1) is 11.2. The topological polar surface area (TPSA) is 80.4 Å². The molecular weight excluding hydrogens is 296 g/mol. The molecule has 1 aliphatic heterocycles. The monoisotopic (exact) mass is 314 g/mol. The second kappa shape index (κ2) is 5.57. The van der Waals surface area contributed by atoms with E-state index >= 15 is 0 Å². The van der Waals surface area contributed by atoms with E-state index in [9.17, 15) is 9.59 Å². The van der Waals surface area contributed by atoms with Crippen LogP contribution in [0.3, 0.4) is 0 Å². The molecule has 0 spiro atoms. The Labute approximate surface area is 133 Å². The summed E-state index contributed by atoms with van der Waals surface area (Å²) in [4.78, 5) is 30.2. The molecule has 1 fully saturated rings. The van der Waals surface area contributed by atoms with Crippen molar-refractivity contribution in [3.05, 3.63) is 41.9 Å². The zero-order valence-electron chi connectivity index (χ0n) is 12.7. The molecule has 1 saturated carbocycles. The lowest BCUT2D eigenvalue weighted by atomic mass is 10.3. The Bertz CT molecular complexity index is 731. The van der Waals surface area contributed by atoms with Crippen LogP contribution in [0.2, 0.25) is 0 Å². The lowest BCUT2D eigenvalue weighted by molar-refractivity contribution is -0.122. The Hall–Kier alpha value is -2.57. The summed E-state index contributed by atoms with van der Waals surface area (Å²) in [5.74, 6) is 1.41. The normalized spacial score (nSPS) is 17.0. The average Bonchev–Trinajstić information content (AvgIpc) is 3.13. The number of amides is 2. The Kier molecular flexibility index (Phi) is 3.40. The van der Waals surface area contributed by atoms with Crippen molar-refractivity contribution >= 4 is 11.8 Å². The van der Waals surface area contributed by atoms with Gasteiger partial charge in [-0.25, -0.2) is 4.98 Å². The Morgan fingerprint density at radius 2 is 2.22 bits per heavy atom. The molecule has 1 N–H and O–H groups in total. The van der Waals surface area contributed by atoms with Crippen LogP contribution in [-0.2, 0) is 24.4 Å². The predicted octanol–water partition coefficient (Wildman–Crippen LogP) is 1.16. The number of imidazole rings is 1. The highest BCUT2D eigenvalue weighted by atomic mass is 16.3. The number of carbonyl (C=O) groups excluding carboxylic acids is 2. The Morgan fingerprint density at radius 1 is 1.35 bits per heavy atom. The minimum atomic E-state index is -0.118. The van der Waals surface area contributed by atoms with E-state index in [2.05, 4.69) is 14.9 Å². The van der Waals surface area contributed by atoms with E-state index in [1.807, 2.05) is 0 Å². The SMILES string of the molecule is O=C(NCc1cnc2n1CCN(C(=O)c1ccco1)C2)C1CC1. The van der Waals surface area contributed by atoms with Gasteiger partial charge < -0.3 is 19.2 Å². The quantitative estimate of drug-likeness (QED) is 0.918. The summed E-state index contributed by atoms with van der Waals surface area (Å²) in [7, 11) is 0. The van der Waals surface area contributed by atoms with Gasteiger partial charge in [0.25, 0.3) is 5.91 Å². The van der Waals surface area contributed by atoms with Crippen LogP contribution in [0.15, 0.2) is 29.0 Å². The van der Waals surface area contributed by atoms with Crippen LogP contribution in [0, 0.1) is 5.92 Å². The second-order valence-electron chi connectivity index (χ2n) is 6.01. The number of nitrogens with one attached hydrogen (secondary N) is 1. The van der Waals surface area contributed by atoms with E-state index in [0.29, 0.717) is 31.9 Å². The molecule has 3 heterocycles. The van der Waals surface area contributed by atoms with Gasteiger partial charge in [0.05, 0.1) is 31.2 Å². The number of rotatable bonds is 4. The van der Waals surface area contributed by atoms with Gasteiger partial charge in [-0.05, 0) is 25.0 Å². The fraction of sp³-hybridized carbons (Fsp3) is 0.438. The molecule has 7 heteroatoms. The number of aromatic nitrogens is 2. The van der Waals surface area contributed by atoms with Crippen LogP contribution >= 0.6 is 0 Å². The van der Waals surface area contributed by atoms with Crippen molar-refractivity contribution in [3.63, 3.8) is 0 Å². The third-order valence-corrected chi connectivity index (χ3v) is 4.36. The van der Waals surface area contributed by atoms with Gasteiger partial charge in [0.15, 0.2) is 5.76 Å². The molecule has 0 unspecified atom stereocenters. The molecule has 4 rings (SSSR count). The van der Waals surface area contributed by atoms with Crippen LogP contribution in [0.1, 0.15) is 34.9 Å². The van der Waals surface area contributed by atoms with Gasteiger partial charge in [0.1, 0.15) is 5.82 Å². The van der Waals surface area contributed by atoms with E-state index in [1.54, 1.807) is 23.2 Å². The summed E-state index contributed by atoms with van der Waals surface area (Å²) < 4.78 is 7.25. The first-order valence-electron chi connectivity index (χ1n) is 7.86. The van der Waals surface area contributed by atoms with Gasteiger partial charge in [-0.3, -0.25) is 9.59 Å². The van der Waals surface area contributed by atoms with Crippen LogP contribution in [-0.4, -0.2) is 32.8 Å². The van der Waals surface area contributed by atoms with Crippen molar-refractivity contribution in [2.24, 2.45) is 5.92 Å². The minimum Gasteiger partial charge on any atom is -0.459 e. The molecular formula is C16H18N4O3. The molecule has 0 atom stereocenters. The van der Waals surface area contributed by atoms with E-state index in [1.165, 1.54) is 6.26 Å². The zero-order chi connectivity index (χ0) is 15.8. The highest BCUT2D eigenvalue weighted by molar-refractivity contribution is 5.91. The number of nitrogens with zero attached hydrogens (tertiary/aromatic N) is 3. The van der Waals surface area contributed by atoms with E-state index in [-0.39, 0.29) is 17.7 Å². The van der Waals surface area contributed by atoms with Crippen LogP contribution in [0.5, 0.6) is 0 Å². The number of fused-ring (bicyclic) bond motifs is 1. The highest BCUT2D eigenvalue weighted by Crippen LogP contribution is 2.28. The number of furan rings is 1. The molecule has 2 aromatic heterocycles. The molecule has 2 amide bonds. The van der Waals surface area contributed by atoms with Crippen molar-refractivity contribution in [1.29, 1.82) is 0 Å². The lowest BCUT2D eigenvalue weighted by Crippen LogP contribution is -2.39. The molecule has 1 aliphatic carbocycles. The first-order valence-corrected chi connectivity index (χ1v) is 7.86. The maximum absolute atomic E-state index is 12.3. The largest absolute Gasteiger partial charge is 0.459 e. The van der Waals surface area contributed by atoms with Crippen molar-refractivity contribution < 1.29 is 14.0 Å². The maximum atomic E-state index is 12.3. The molecule has 0 radical (unpaired) electrons. The standard InChI is InChI=1S/C16H18N4O3/c21-15(11-3-4-11)18-9-12-8-17-14-10-19(5-6-20(12)14)16(22)13-2-1-7-23-13/h1-2,7-8,11H,3-6,9-10H2,(H,18,21). The Morgan fingerprint density at radius 3 is 2.96 bits per heavy atom. The third-order valence-electron chi connectivity index (χ3n) is 4.36. The molecule has 0 saturated heterocycles. The molecule has 0 aromatic carbocycles. The molecule has 120 valence electrons. The zero-order valence-corrected chi connectivity index (χ0v) is 12.7. The second-order valence-corrected chi connectivity index (χ2v) is 6.01. The summed E-state index contributed by atoms with van der Waals surface area (Å²) in [5, 5.41) is 2.96. The van der Waals surface area contributed by atoms with Gasteiger partial charge >= 0.3 is 0 Å². The maximum Gasteiger partial charge on any atom is 0.290 e. The molecule has 2 aliphatic rings. The third kappa shape index (κ3) is 2.74. The molecule has 7 nitrogen and oxygen atoms in total. The Balaban J connectivity index is 1.42. The van der Waals surface area contributed by atoms with Crippen LogP contribution in [0.4, 0.5) is 0 Å². The van der Waals surface area contributed by atoms with Gasteiger partial charge in [0.2, 0.25) is 5.91 Å². The number of hydrogen-bond donors (Lipinski definition) is 1. The summed E-state index contributed by atoms with van der Waals surface area (Å²) in [6.45, 7) is 2.23. The van der Waals surface area contributed by atoms with Crippen LogP contribution in [0.25, 0.3) is 0 Å². The van der Waals surface area contributed by atoms with Gasteiger partial charge in [-0.1, -0.05) is 0 Å². The summed E-state index contributed by atoms with van der Waals surface area (Å²) in [5.41, 5.74) is 0.985. The lowest BCUT2D eigenvalue weighted by Gasteiger charge is -2.28. The van der Waals surface area contributed by atoms with Crippen molar-refractivity contribution in [1.82, 2.24) is 19.8 Å². The fourth-order valence-electron chi connectivity index (χ4n) is 2.86. The van der Waals surface area contributed by atoms with E-state index < -0.39 is 0 Å².